The van der Waals surface area contributed by atoms with Crippen LogP contribution in [-0.2, 0) is 25.2 Å². The highest BCUT2D eigenvalue weighted by Gasteiger charge is 2.83. The van der Waals surface area contributed by atoms with Gasteiger partial charge in [0.25, 0.3) is 0 Å². The molecule has 0 N–H and O–H groups in total. The largest absolute Gasteiger partial charge is 0.460 e. The van der Waals surface area contributed by atoms with Gasteiger partial charge in [-0.05, 0) is 72.1 Å². The lowest BCUT2D eigenvalue weighted by molar-refractivity contribution is -0.261. The molecule has 3 aliphatic rings. The number of ether oxygens (including phenoxy) is 2. The Morgan fingerprint density at radius 2 is 1.21 bits per heavy atom. The number of carbonyl (C=O) groups excluding carboxylic acids is 2. The van der Waals surface area contributed by atoms with Crippen LogP contribution in [0.25, 0.3) is 0 Å². The van der Waals surface area contributed by atoms with E-state index in [9.17, 15) is 22.8 Å². The van der Waals surface area contributed by atoms with Gasteiger partial charge in [0.05, 0.1) is 16.4 Å². The Hall–Kier alpha value is -2.05. The van der Waals surface area contributed by atoms with Crippen LogP contribution in [0.3, 0.4) is 0 Å². The van der Waals surface area contributed by atoms with Crippen LogP contribution in [0.1, 0.15) is 71.4 Å². The van der Waals surface area contributed by atoms with Gasteiger partial charge in [-0.3, -0.25) is 9.59 Å². The molecule has 4 nitrogen and oxygen atoms in total. The summed E-state index contributed by atoms with van der Waals surface area (Å²) >= 11 is 0. The van der Waals surface area contributed by atoms with Crippen LogP contribution in [0, 0.1) is 10.8 Å². The topological polar surface area (TPSA) is 52.6 Å². The Balaban J connectivity index is 1.94. The van der Waals surface area contributed by atoms with Gasteiger partial charge < -0.3 is 9.47 Å². The van der Waals surface area contributed by atoms with Gasteiger partial charge >= 0.3 is 18.1 Å². The van der Waals surface area contributed by atoms with Crippen molar-refractivity contribution in [2.75, 3.05) is 0 Å². The molecule has 0 heterocycles. The van der Waals surface area contributed by atoms with Gasteiger partial charge in [-0.25, -0.2) is 0 Å². The van der Waals surface area contributed by atoms with E-state index in [0.29, 0.717) is 5.56 Å². The fraction of sp³-hybridized carbons (Fsp3) is 0.636. The molecule has 3 fully saturated rings. The summed E-state index contributed by atoms with van der Waals surface area (Å²) in [6.45, 7) is 10.5. The molecule has 3 aliphatic carbocycles. The maximum atomic E-state index is 12.9. The third-order valence-electron chi connectivity index (χ3n) is 5.55. The van der Waals surface area contributed by atoms with E-state index in [1.165, 1.54) is 12.1 Å². The SMILES string of the molecule is CC(C)(C)OC(=O)C12CC(C(=O)OC(C)(C)C)(C1)C2c1ccc(C(F)(F)F)cc1. The summed E-state index contributed by atoms with van der Waals surface area (Å²) in [5, 5.41) is 0. The molecule has 0 aliphatic heterocycles. The van der Waals surface area contributed by atoms with Crippen LogP contribution >= 0.6 is 0 Å². The van der Waals surface area contributed by atoms with Gasteiger partial charge in [0.15, 0.2) is 0 Å². The van der Waals surface area contributed by atoms with Gasteiger partial charge in [-0.2, -0.15) is 13.2 Å². The molecule has 0 aromatic heterocycles. The third kappa shape index (κ3) is 3.64. The highest BCUT2D eigenvalue weighted by molar-refractivity contribution is 5.94. The van der Waals surface area contributed by atoms with Crippen molar-refractivity contribution in [2.45, 2.75) is 77.7 Å². The molecule has 4 rings (SSSR count). The Labute approximate surface area is 168 Å². The van der Waals surface area contributed by atoms with Crippen LogP contribution in [0.15, 0.2) is 24.3 Å². The normalized spacial score (nSPS) is 28.8. The van der Waals surface area contributed by atoms with E-state index in [4.69, 9.17) is 9.47 Å². The molecule has 0 unspecified atom stereocenters. The molecule has 0 atom stereocenters. The number of alkyl halides is 3. The van der Waals surface area contributed by atoms with Crippen molar-refractivity contribution in [3.05, 3.63) is 35.4 Å². The van der Waals surface area contributed by atoms with Crippen molar-refractivity contribution in [3.63, 3.8) is 0 Å². The molecule has 160 valence electrons. The van der Waals surface area contributed by atoms with Crippen molar-refractivity contribution >= 4 is 11.9 Å². The highest BCUT2D eigenvalue weighted by atomic mass is 19.4. The molecule has 0 amide bonds. The fourth-order valence-electron chi connectivity index (χ4n) is 4.54. The van der Waals surface area contributed by atoms with Crippen molar-refractivity contribution in [3.8, 4) is 0 Å². The first-order valence-corrected chi connectivity index (χ1v) is 9.64. The summed E-state index contributed by atoms with van der Waals surface area (Å²) in [4.78, 5) is 25.8. The molecule has 0 radical (unpaired) electrons. The van der Waals surface area contributed by atoms with Crippen LogP contribution in [-0.4, -0.2) is 23.1 Å². The molecular weight excluding hydrogens is 385 g/mol. The predicted octanol–water partition coefficient (Wildman–Crippen LogP) is 5.25. The summed E-state index contributed by atoms with van der Waals surface area (Å²) in [7, 11) is 0. The molecule has 0 saturated heterocycles. The van der Waals surface area contributed by atoms with Gasteiger partial charge in [0, 0.05) is 5.92 Å². The van der Waals surface area contributed by atoms with Crippen molar-refractivity contribution in [1.82, 2.24) is 0 Å². The van der Waals surface area contributed by atoms with E-state index in [1.807, 2.05) is 0 Å². The number of hydrogen-bond acceptors (Lipinski definition) is 4. The zero-order chi connectivity index (χ0) is 22.0. The number of hydrogen-bond donors (Lipinski definition) is 0. The number of benzene rings is 1. The Morgan fingerprint density at radius 3 is 1.52 bits per heavy atom. The van der Waals surface area contributed by atoms with E-state index < -0.39 is 51.6 Å². The van der Waals surface area contributed by atoms with Gasteiger partial charge in [-0.1, -0.05) is 12.1 Å². The molecular formula is C22H27F3O4. The van der Waals surface area contributed by atoms with Crippen molar-refractivity contribution < 1.29 is 32.2 Å². The van der Waals surface area contributed by atoms with Crippen LogP contribution in [0.5, 0.6) is 0 Å². The summed E-state index contributed by atoms with van der Waals surface area (Å²) in [6.07, 6.45) is -3.88. The van der Waals surface area contributed by atoms with E-state index in [0.717, 1.165) is 12.1 Å². The monoisotopic (exact) mass is 412 g/mol. The summed E-state index contributed by atoms with van der Waals surface area (Å²) < 4.78 is 49.9. The van der Waals surface area contributed by atoms with E-state index in [-0.39, 0.29) is 12.8 Å². The lowest BCUT2D eigenvalue weighted by atomic mass is 9.28. The second-order valence-electron chi connectivity index (χ2n) is 10.2. The zero-order valence-electron chi connectivity index (χ0n) is 17.6. The number of esters is 2. The number of carbonyl (C=O) groups is 2. The first kappa shape index (κ1) is 21.7. The smallest absolute Gasteiger partial charge is 0.416 e. The number of rotatable bonds is 3. The Bertz CT molecular complexity index is 780. The predicted molar refractivity (Wildman–Crippen MR) is 100.0 cm³/mol. The summed E-state index contributed by atoms with van der Waals surface area (Å²) in [6, 6.07) is 4.67. The second-order valence-corrected chi connectivity index (χ2v) is 10.2. The third-order valence-corrected chi connectivity index (χ3v) is 5.55. The first-order chi connectivity index (χ1) is 13.0. The van der Waals surface area contributed by atoms with E-state index in [1.54, 1.807) is 41.5 Å². The lowest BCUT2D eigenvalue weighted by Crippen LogP contribution is -2.75. The van der Waals surface area contributed by atoms with E-state index in [2.05, 4.69) is 0 Å². The Morgan fingerprint density at radius 1 is 0.828 bits per heavy atom. The average Bonchev–Trinajstić information content (AvgIpc) is 2.40. The zero-order valence-corrected chi connectivity index (χ0v) is 17.6. The minimum atomic E-state index is -4.45. The quantitative estimate of drug-likeness (QED) is 0.636. The first-order valence-electron chi connectivity index (χ1n) is 9.64. The number of halogens is 3. The highest BCUT2D eigenvalue weighted by Crippen LogP contribution is 2.82. The van der Waals surface area contributed by atoms with E-state index >= 15 is 0 Å². The molecule has 1 aromatic rings. The molecule has 2 bridgehead atoms. The molecule has 7 heteroatoms. The summed E-state index contributed by atoms with van der Waals surface area (Å²) in [5.74, 6) is -1.39. The molecule has 1 aromatic carbocycles. The van der Waals surface area contributed by atoms with Crippen LogP contribution in [0.4, 0.5) is 13.2 Å². The Kier molecular flexibility index (Phi) is 4.65. The van der Waals surface area contributed by atoms with Crippen LogP contribution < -0.4 is 0 Å². The standard InChI is InChI=1S/C22H27F3O4/c1-18(2,3)28-16(26)20-11-21(12-20,17(27)29-19(4,5)6)15(20)13-7-9-14(10-8-13)22(23,24)25/h7-10,15H,11-12H2,1-6H3. The molecule has 29 heavy (non-hydrogen) atoms. The lowest BCUT2D eigenvalue weighted by Gasteiger charge is -2.72. The van der Waals surface area contributed by atoms with Crippen LogP contribution in [0.2, 0.25) is 0 Å². The van der Waals surface area contributed by atoms with Gasteiger partial charge in [-0.15, -0.1) is 0 Å². The maximum absolute atomic E-state index is 12.9. The summed E-state index contributed by atoms with van der Waals surface area (Å²) in [5.41, 5.74) is -3.44. The van der Waals surface area contributed by atoms with Gasteiger partial charge in [0.2, 0.25) is 0 Å². The molecule has 0 spiro atoms. The van der Waals surface area contributed by atoms with Gasteiger partial charge in [0.1, 0.15) is 11.2 Å². The van der Waals surface area contributed by atoms with Crippen molar-refractivity contribution in [2.24, 2.45) is 10.8 Å². The maximum Gasteiger partial charge on any atom is 0.416 e. The minimum Gasteiger partial charge on any atom is -0.460 e. The van der Waals surface area contributed by atoms with Crippen molar-refractivity contribution in [1.29, 1.82) is 0 Å². The minimum absolute atomic E-state index is 0.287. The fourth-order valence-corrected chi connectivity index (χ4v) is 4.54. The molecule has 3 saturated carbocycles. The second kappa shape index (κ2) is 6.22. The average molecular weight is 412 g/mol.